The van der Waals surface area contributed by atoms with Crippen LogP contribution < -0.4 is 29.1 Å². The van der Waals surface area contributed by atoms with Crippen LogP contribution in [0, 0.1) is 10.1 Å². The highest BCUT2D eigenvalue weighted by atomic mass is 79.9. The molecule has 0 amide bonds. The standard InChI is InChI=1S/C34H32BrN3O8S/c1-6-44-28-15-22(9-13-27(28)45-18-21-7-11-24(12-8-21)38(41)42)16-29-32(39)37-31(25-17-23(35)10-14-26(25)43-5)30(33(40)46-19(2)3)20(4)36-34(37)47-29/h7-17,19,31H,6,18H2,1-5H3/b29-16-/t31-/m0/s1. The summed E-state index contributed by atoms with van der Waals surface area (Å²) in [7, 11) is 1.54. The molecule has 1 aromatic heterocycles. The molecule has 0 bridgehead atoms. The van der Waals surface area contributed by atoms with Gasteiger partial charge in [-0.2, -0.15) is 0 Å². The number of nitro groups is 1. The van der Waals surface area contributed by atoms with Crippen molar-refractivity contribution in [3.8, 4) is 17.2 Å². The Bertz CT molecular complexity index is 2050. The number of thiazole rings is 1. The minimum atomic E-state index is -0.846. The first kappa shape index (κ1) is 33.6. The molecule has 244 valence electrons. The molecule has 0 aliphatic carbocycles. The van der Waals surface area contributed by atoms with Gasteiger partial charge in [0.1, 0.15) is 18.4 Å². The number of fused-ring (bicyclic) bond motifs is 1. The number of aromatic nitrogens is 1. The SMILES string of the molecule is CCOc1cc(/C=c2\sc3n(c2=O)[C@@H](c2cc(Br)ccc2OC)C(C(=O)OC(C)C)=C(C)N=3)ccc1OCc1ccc([N+](=O)[O-])cc1. The number of allylic oxidation sites excluding steroid dienone is 1. The molecule has 0 N–H and O–H groups in total. The monoisotopic (exact) mass is 721 g/mol. The van der Waals surface area contributed by atoms with Gasteiger partial charge in [0.05, 0.1) is 40.5 Å². The zero-order valence-corrected chi connectivity index (χ0v) is 28.7. The fraction of sp³-hybridized carbons (Fsp3) is 0.265. The van der Waals surface area contributed by atoms with Crippen LogP contribution in [0.5, 0.6) is 17.2 Å². The fourth-order valence-corrected chi connectivity index (χ4v) is 6.53. The van der Waals surface area contributed by atoms with E-state index < -0.39 is 16.9 Å². The number of esters is 1. The van der Waals surface area contributed by atoms with E-state index in [2.05, 4.69) is 20.9 Å². The lowest BCUT2D eigenvalue weighted by Crippen LogP contribution is -2.40. The number of rotatable bonds is 11. The molecule has 5 rings (SSSR count). The largest absolute Gasteiger partial charge is 0.496 e. The summed E-state index contributed by atoms with van der Waals surface area (Å²) >= 11 is 4.73. The van der Waals surface area contributed by atoms with Gasteiger partial charge in [-0.25, -0.2) is 9.79 Å². The van der Waals surface area contributed by atoms with Crippen molar-refractivity contribution in [2.75, 3.05) is 13.7 Å². The number of nitrogens with zero attached hydrogens (tertiary/aromatic N) is 3. The highest BCUT2D eigenvalue weighted by Crippen LogP contribution is 2.37. The van der Waals surface area contributed by atoms with Gasteiger partial charge in [0.2, 0.25) is 0 Å². The van der Waals surface area contributed by atoms with Crippen molar-refractivity contribution in [2.24, 2.45) is 4.99 Å². The molecule has 1 aliphatic rings. The van der Waals surface area contributed by atoms with Crippen LogP contribution in [-0.4, -0.2) is 35.3 Å². The van der Waals surface area contributed by atoms with E-state index >= 15 is 0 Å². The zero-order valence-electron chi connectivity index (χ0n) is 26.3. The molecule has 0 spiro atoms. The Kier molecular flexibility index (Phi) is 10.3. The number of ether oxygens (including phenoxy) is 4. The van der Waals surface area contributed by atoms with Crippen molar-refractivity contribution in [3.63, 3.8) is 0 Å². The van der Waals surface area contributed by atoms with Crippen LogP contribution in [0.4, 0.5) is 5.69 Å². The van der Waals surface area contributed by atoms with Crippen molar-refractivity contribution in [3.05, 3.63) is 123 Å². The van der Waals surface area contributed by atoms with Gasteiger partial charge in [-0.05, 0) is 87.4 Å². The molecule has 47 heavy (non-hydrogen) atoms. The van der Waals surface area contributed by atoms with Crippen molar-refractivity contribution < 1.29 is 28.7 Å². The van der Waals surface area contributed by atoms with Crippen molar-refractivity contribution in [2.45, 2.75) is 46.4 Å². The Hall–Kier alpha value is -4.75. The Balaban J connectivity index is 1.56. The molecule has 0 fully saturated rings. The van der Waals surface area contributed by atoms with Crippen LogP contribution in [0.15, 0.2) is 86.2 Å². The first-order valence-electron chi connectivity index (χ1n) is 14.7. The Morgan fingerprint density at radius 3 is 2.47 bits per heavy atom. The van der Waals surface area contributed by atoms with E-state index in [0.717, 1.165) is 10.0 Å². The van der Waals surface area contributed by atoms with Gasteiger partial charge in [0, 0.05) is 22.2 Å². The van der Waals surface area contributed by atoms with Crippen LogP contribution in [0.3, 0.4) is 0 Å². The second kappa shape index (κ2) is 14.3. The summed E-state index contributed by atoms with van der Waals surface area (Å²) in [5, 5.41) is 11.0. The second-order valence-electron chi connectivity index (χ2n) is 10.8. The molecule has 0 unspecified atom stereocenters. The Morgan fingerprint density at radius 2 is 1.81 bits per heavy atom. The number of methoxy groups -OCH3 is 1. The molecule has 4 aromatic rings. The summed E-state index contributed by atoms with van der Waals surface area (Å²) < 4.78 is 25.8. The maximum atomic E-state index is 14.1. The highest BCUT2D eigenvalue weighted by molar-refractivity contribution is 9.10. The molecule has 0 radical (unpaired) electrons. The quantitative estimate of drug-likeness (QED) is 0.107. The number of carbonyl (C=O) groups is 1. The lowest BCUT2D eigenvalue weighted by Gasteiger charge is -2.26. The van der Waals surface area contributed by atoms with Gasteiger partial charge in [-0.1, -0.05) is 33.3 Å². The summed E-state index contributed by atoms with van der Waals surface area (Å²) in [4.78, 5) is 43.2. The number of hydrogen-bond donors (Lipinski definition) is 0. The van der Waals surface area contributed by atoms with Crippen LogP contribution in [0.25, 0.3) is 6.08 Å². The third kappa shape index (κ3) is 7.31. The molecule has 13 heteroatoms. The second-order valence-corrected chi connectivity index (χ2v) is 12.7. The summed E-state index contributed by atoms with van der Waals surface area (Å²) in [5.74, 6) is 0.896. The molecule has 0 saturated heterocycles. The van der Waals surface area contributed by atoms with Crippen LogP contribution in [0.2, 0.25) is 0 Å². The topological polar surface area (TPSA) is 131 Å². The summed E-state index contributed by atoms with van der Waals surface area (Å²) in [6, 6.07) is 16.0. The first-order chi connectivity index (χ1) is 22.5. The average Bonchev–Trinajstić information content (AvgIpc) is 3.33. The maximum Gasteiger partial charge on any atom is 0.338 e. The number of non-ortho nitro benzene ring substituents is 1. The molecule has 11 nitrogen and oxygen atoms in total. The van der Waals surface area contributed by atoms with Crippen molar-refractivity contribution in [1.29, 1.82) is 0 Å². The number of hydrogen-bond acceptors (Lipinski definition) is 10. The van der Waals surface area contributed by atoms with E-state index in [1.54, 1.807) is 63.2 Å². The minimum Gasteiger partial charge on any atom is -0.496 e. The van der Waals surface area contributed by atoms with Crippen LogP contribution >= 0.6 is 27.3 Å². The van der Waals surface area contributed by atoms with Crippen LogP contribution in [-0.2, 0) is 16.1 Å². The van der Waals surface area contributed by atoms with Crippen molar-refractivity contribution >= 4 is 45.0 Å². The number of benzene rings is 3. The predicted octanol–water partition coefficient (Wildman–Crippen LogP) is 5.84. The molecule has 3 aromatic carbocycles. The summed E-state index contributed by atoms with van der Waals surface area (Å²) in [6.45, 7) is 7.67. The lowest BCUT2D eigenvalue weighted by molar-refractivity contribution is -0.384. The fourth-order valence-electron chi connectivity index (χ4n) is 5.10. The maximum absolute atomic E-state index is 14.1. The number of halogens is 1. The number of carbonyl (C=O) groups excluding carboxylic acids is 1. The average molecular weight is 723 g/mol. The van der Waals surface area contributed by atoms with Gasteiger partial charge >= 0.3 is 5.97 Å². The smallest absolute Gasteiger partial charge is 0.338 e. The molecule has 2 heterocycles. The van der Waals surface area contributed by atoms with E-state index in [-0.39, 0.29) is 29.5 Å². The van der Waals surface area contributed by atoms with Crippen LogP contribution in [0.1, 0.15) is 50.4 Å². The molecular weight excluding hydrogens is 690 g/mol. The lowest BCUT2D eigenvalue weighted by atomic mass is 9.95. The van der Waals surface area contributed by atoms with Gasteiger partial charge in [-0.15, -0.1) is 0 Å². The molecule has 1 atom stereocenters. The van der Waals surface area contributed by atoms with Gasteiger partial charge in [0.15, 0.2) is 16.3 Å². The van der Waals surface area contributed by atoms with Gasteiger partial charge < -0.3 is 18.9 Å². The first-order valence-corrected chi connectivity index (χ1v) is 16.3. The van der Waals surface area contributed by atoms with Gasteiger partial charge in [-0.3, -0.25) is 19.5 Å². The summed E-state index contributed by atoms with van der Waals surface area (Å²) in [5.41, 5.74) is 2.42. The third-order valence-corrected chi connectivity index (χ3v) is 8.65. The zero-order chi connectivity index (χ0) is 33.8. The molecule has 0 saturated carbocycles. The highest BCUT2D eigenvalue weighted by Gasteiger charge is 2.35. The van der Waals surface area contributed by atoms with E-state index in [1.807, 2.05) is 19.1 Å². The predicted molar refractivity (Wildman–Crippen MR) is 181 cm³/mol. The Morgan fingerprint density at radius 1 is 1.09 bits per heavy atom. The molecular formula is C34H32BrN3O8S. The van der Waals surface area contributed by atoms with E-state index in [0.29, 0.717) is 50.0 Å². The van der Waals surface area contributed by atoms with E-state index in [9.17, 15) is 19.7 Å². The Labute approximate surface area is 282 Å². The van der Waals surface area contributed by atoms with E-state index in [4.69, 9.17) is 18.9 Å². The van der Waals surface area contributed by atoms with Crippen molar-refractivity contribution in [1.82, 2.24) is 4.57 Å². The summed E-state index contributed by atoms with van der Waals surface area (Å²) in [6.07, 6.45) is 1.37. The molecule has 1 aliphatic heterocycles. The normalized spacial score (nSPS) is 14.4. The van der Waals surface area contributed by atoms with E-state index in [1.165, 1.54) is 35.1 Å². The minimum absolute atomic E-state index is 0.00219. The van der Waals surface area contributed by atoms with Gasteiger partial charge in [0.25, 0.3) is 11.2 Å². The third-order valence-electron chi connectivity index (χ3n) is 7.18. The number of nitro benzene ring substituents is 1.